The summed E-state index contributed by atoms with van der Waals surface area (Å²) in [6.07, 6.45) is 3.18. The summed E-state index contributed by atoms with van der Waals surface area (Å²) < 4.78 is 14.3. The third-order valence-electron chi connectivity index (χ3n) is 5.77. The number of phenols is 1. The number of phenolic OH excluding ortho intramolecular Hbond substituents is 1. The van der Waals surface area contributed by atoms with Crippen molar-refractivity contribution in [2.75, 3.05) is 0 Å². The molecular weight excluding hydrogens is 418 g/mol. The number of hydrogen-bond donors (Lipinski definition) is 2. The number of halogens is 1. The molecule has 150 valence electrons. The van der Waals surface area contributed by atoms with Gasteiger partial charge in [0.2, 0.25) is 0 Å². The van der Waals surface area contributed by atoms with Gasteiger partial charge in [-0.05, 0) is 64.9 Å². The molecule has 0 fully saturated rings. The van der Waals surface area contributed by atoms with Gasteiger partial charge in [0.15, 0.2) is 11.0 Å². The fraction of sp³-hybridized carbons (Fsp3) is 0.125. The third-order valence-corrected chi connectivity index (χ3v) is 7.15. The van der Waals surface area contributed by atoms with E-state index in [0.29, 0.717) is 10.5 Å². The van der Waals surface area contributed by atoms with Crippen LogP contribution in [-0.2, 0) is 22.2 Å². The Labute approximate surface area is 181 Å². The average molecular weight is 436 g/mol. The summed E-state index contributed by atoms with van der Waals surface area (Å²) in [6, 6.07) is 19.7. The fourth-order valence-electron chi connectivity index (χ4n) is 4.40. The molecule has 6 heteroatoms. The normalized spacial score (nSPS) is 20.0. The number of benzene rings is 3. The van der Waals surface area contributed by atoms with Crippen molar-refractivity contribution in [2.45, 2.75) is 18.8 Å². The van der Waals surface area contributed by atoms with Crippen LogP contribution in [0.1, 0.15) is 34.6 Å². The van der Waals surface area contributed by atoms with E-state index in [1.807, 2.05) is 30.3 Å². The van der Waals surface area contributed by atoms with E-state index < -0.39 is 16.9 Å². The number of rotatable bonds is 3. The first-order valence-corrected chi connectivity index (χ1v) is 11.2. The SMILES string of the molecule is O=C1C=C(c2ccc([C@H]3CCc4c(-c5ccc(Cl)cc5)cccc43)cc2O)S(=O)N1. The number of fused-ring (bicyclic) bond motifs is 1. The Morgan fingerprint density at radius 3 is 2.53 bits per heavy atom. The lowest BCUT2D eigenvalue weighted by atomic mass is 9.90. The van der Waals surface area contributed by atoms with Crippen molar-refractivity contribution in [3.05, 3.63) is 94.0 Å². The van der Waals surface area contributed by atoms with E-state index in [-0.39, 0.29) is 11.7 Å². The van der Waals surface area contributed by atoms with Crippen LogP contribution in [-0.4, -0.2) is 15.2 Å². The molecule has 1 unspecified atom stereocenters. The molecule has 4 nitrogen and oxygen atoms in total. The molecule has 0 spiro atoms. The van der Waals surface area contributed by atoms with Gasteiger partial charge in [0, 0.05) is 22.6 Å². The van der Waals surface area contributed by atoms with Gasteiger partial charge in [0.05, 0.1) is 4.91 Å². The van der Waals surface area contributed by atoms with Gasteiger partial charge in [0.1, 0.15) is 5.75 Å². The Bertz CT molecular complexity index is 1230. The zero-order chi connectivity index (χ0) is 20.8. The largest absolute Gasteiger partial charge is 0.507 e. The van der Waals surface area contributed by atoms with E-state index in [1.165, 1.54) is 22.8 Å². The number of nitrogens with one attached hydrogen (secondary N) is 1. The monoisotopic (exact) mass is 435 g/mol. The molecule has 30 heavy (non-hydrogen) atoms. The molecular formula is C24H18ClNO3S. The number of carbonyl (C=O) groups excluding carboxylic acids is 1. The topological polar surface area (TPSA) is 66.4 Å². The molecule has 1 aliphatic carbocycles. The van der Waals surface area contributed by atoms with E-state index in [4.69, 9.17) is 11.6 Å². The lowest BCUT2D eigenvalue weighted by Crippen LogP contribution is -2.16. The van der Waals surface area contributed by atoms with Crippen molar-refractivity contribution < 1.29 is 14.1 Å². The lowest BCUT2D eigenvalue weighted by Gasteiger charge is -2.15. The smallest absolute Gasteiger partial charge is 0.257 e. The van der Waals surface area contributed by atoms with Crippen LogP contribution in [0.4, 0.5) is 0 Å². The van der Waals surface area contributed by atoms with Crippen LogP contribution in [0.15, 0.2) is 66.7 Å². The predicted molar refractivity (Wildman–Crippen MR) is 119 cm³/mol. The first-order valence-electron chi connectivity index (χ1n) is 9.66. The molecule has 0 aromatic heterocycles. The molecule has 0 saturated carbocycles. The maximum Gasteiger partial charge on any atom is 0.257 e. The minimum Gasteiger partial charge on any atom is -0.507 e. The molecule has 2 atom stereocenters. The van der Waals surface area contributed by atoms with E-state index in [1.54, 1.807) is 12.1 Å². The minimum atomic E-state index is -1.63. The zero-order valence-corrected chi connectivity index (χ0v) is 17.5. The van der Waals surface area contributed by atoms with Crippen LogP contribution in [0.3, 0.4) is 0 Å². The highest BCUT2D eigenvalue weighted by atomic mass is 35.5. The predicted octanol–water partition coefficient (Wildman–Crippen LogP) is 4.93. The first-order chi connectivity index (χ1) is 14.5. The standard InChI is InChI=1S/C24H18ClNO3S/c25-16-7-4-14(5-8-16)17-2-1-3-19-18(10-11-20(17)19)15-6-9-21(22(27)12-15)23-13-24(28)26-30(23)29/h1-9,12-13,18,27H,10-11H2,(H,26,28)/t18-,30?/m1/s1. The van der Waals surface area contributed by atoms with Gasteiger partial charge >= 0.3 is 0 Å². The van der Waals surface area contributed by atoms with Crippen molar-refractivity contribution in [3.63, 3.8) is 0 Å². The highest BCUT2D eigenvalue weighted by Crippen LogP contribution is 2.44. The molecule has 1 heterocycles. The Morgan fingerprint density at radius 2 is 1.83 bits per heavy atom. The fourth-order valence-corrected chi connectivity index (χ4v) is 5.46. The molecule has 5 rings (SSSR count). The molecule has 1 amide bonds. The van der Waals surface area contributed by atoms with E-state index in [2.05, 4.69) is 22.9 Å². The van der Waals surface area contributed by atoms with Gasteiger partial charge in [-0.1, -0.05) is 48.0 Å². The van der Waals surface area contributed by atoms with Crippen LogP contribution in [0.5, 0.6) is 5.75 Å². The summed E-state index contributed by atoms with van der Waals surface area (Å²) in [5.74, 6) is -0.202. The highest BCUT2D eigenvalue weighted by Gasteiger charge is 2.28. The molecule has 2 aliphatic rings. The van der Waals surface area contributed by atoms with Crippen LogP contribution >= 0.6 is 11.6 Å². The second kappa shape index (κ2) is 7.42. The Kier molecular flexibility index (Phi) is 4.72. The lowest BCUT2D eigenvalue weighted by molar-refractivity contribution is -0.114. The van der Waals surface area contributed by atoms with Crippen molar-refractivity contribution in [3.8, 4) is 16.9 Å². The summed E-state index contributed by atoms with van der Waals surface area (Å²) in [5.41, 5.74) is 6.36. The Balaban J connectivity index is 1.51. The van der Waals surface area contributed by atoms with Crippen molar-refractivity contribution in [1.29, 1.82) is 0 Å². The van der Waals surface area contributed by atoms with Gasteiger partial charge in [0.25, 0.3) is 5.91 Å². The molecule has 2 N–H and O–H groups in total. The first kappa shape index (κ1) is 19.1. The summed E-state index contributed by atoms with van der Waals surface area (Å²) in [4.78, 5) is 11.8. The maximum atomic E-state index is 12.0. The van der Waals surface area contributed by atoms with Crippen LogP contribution in [0, 0.1) is 0 Å². The molecule has 0 radical (unpaired) electrons. The number of amides is 1. The molecule has 0 bridgehead atoms. The summed E-state index contributed by atoms with van der Waals surface area (Å²) in [7, 11) is -1.63. The number of aromatic hydroxyl groups is 1. The van der Waals surface area contributed by atoms with Gasteiger partial charge in [-0.2, -0.15) is 0 Å². The van der Waals surface area contributed by atoms with Gasteiger partial charge in [-0.25, -0.2) is 4.21 Å². The molecule has 3 aromatic carbocycles. The van der Waals surface area contributed by atoms with Crippen LogP contribution in [0.2, 0.25) is 5.02 Å². The molecule has 1 aliphatic heterocycles. The van der Waals surface area contributed by atoms with E-state index >= 15 is 0 Å². The van der Waals surface area contributed by atoms with Crippen molar-refractivity contribution in [1.82, 2.24) is 4.72 Å². The van der Waals surface area contributed by atoms with Gasteiger partial charge in [-0.3, -0.25) is 9.52 Å². The van der Waals surface area contributed by atoms with Crippen molar-refractivity contribution >= 4 is 33.4 Å². The molecule has 3 aromatic rings. The molecule has 0 saturated heterocycles. The zero-order valence-electron chi connectivity index (χ0n) is 15.9. The van der Waals surface area contributed by atoms with E-state index in [0.717, 1.165) is 29.0 Å². The number of hydrogen-bond acceptors (Lipinski definition) is 3. The van der Waals surface area contributed by atoms with Crippen LogP contribution in [0.25, 0.3) is 16.0 Å². The maximum absolute atomic E-state index is 12.0. The van der Waals surface area contributed by atoms with Gasteiger partial charge < -0.3 is 5.11 Å². The summed E-state index contributed by atoms with van der Waals surface area (Å²) >= 11 is 6.04. The summed E-state index contributed by atoms with van der Waals surface area (Å²) in [5, 5.41) is 11.3. The quantitative estimate of drug-likeness (QED) is 0.613. The number of carbonyl (C=O) groups is 1. The minimum absolute atomic E-state index is 0.0332. The third kappa shape index (κ3) is 3.24. The summed E-state index contributed by atoms with van der Waals surface area (Å²) in [6.45, 7) is 0. The van der Waals surface area contributed by atoms with Gasteiger partial charge in [-0.15, -0.1) is 0 Å². The average Bonchev–Trinajstić information content (AvgIpc) is 3.31. The van der Waals surface area contributed by atoms with Crippen LogP contribution < -0.4 is 4.72 Å². The second-order valence-electron chi connectivity index (χ2n) is 7.49. The second-order valence-corrected chi connectivity index (χ2v) is 9.11. The van der Waals surface area contributed by atoms with E-state index in [9.17, 15) is 14.1 Å². The highest BCUT2D eigenvalue weighted by molar-refractivity contribution is 7.94. The Morgan fingerprint density at radius 1 is 1.03 bits per heavy atom. The Hall–Kier alpha value is -2.89. The van der Waals surface area contributed by atoms with Crippen molar-refractivity contribution in [2.24, 2.45) is 0 Å².